The quantitative estimate of drug-likeness (QED) is 0.659. The molecule has 0 bridgehead atoms. The lowest BCUT2D eigenvalue weighted by atomic mass is 9.62. The summed E-state index contributed by atoms with van der Waals surface area (Å²) in [6.45, 7) is 16.2. The Labute approximate surface area is 143 Å². The fourth-order valence-electron chi connectivity index (χ4n) is 6.27. The lowest BCUT2D eigenvalue weighted by Crippen LogP contribution is -2.52. The van der Waals surface area contributed by atoms with Gasteiger partial charge in [0.15, 0.2) is 0 Å². The molecule has 0 aromatic heterocycles. The van der Waals surface area contributed by atoms with Crippen molar-refractivity contribution in [3.63, 3.8) is 0 Å². The zero-order chi connectivity index (χ0) is 16.9. The van der Waals surface area contributed by atoms with Crippen molar-refractivity contribution in [1.82, 2.24) is 0 Å². The second-order valence-corrected chi connectivity index (χ2v) is 9.36. The van der Waals surface area contributed by atoms with Gasteiger partial charge in [-0.05, 0) is 73.5 Å². The minimum Gasteiger partial charge on any atom is -0.327 e. The zero-order valence-electron chi connectivity index (χ0n) is 15.9. The summed E-state index contributed by atoms with van der Waals surface area (Å²) in [4.78, 5) is 0. The van der Waals surface area contributed by atoms with Crippen molar-refractivity contribution in [2.45, 2.75) is 72.8 Å². The highest BCUT2D eigenvalue weighted by Gasteiger charge is 2.52. The smallest absolute Gasteiger partial charge is 0.0102 e. The Bertz CT molecular complexity index is 494. The van der Waals surface area contributed by atoms with E-state index < -0.39 is 0 Å². The first-order valence-electron chi connectivity index (χ1n) is 9.91. The van der Waals surface area contributed by atoms with Crippen LogP contribution in [0.1, 0.15) is 66.7 Å². The lowest BCUT2D eigenvalue weighted by molar-refractivity contribution is 0.104. The lowest BCUT2D eigenvalue weighted by Gasteiger charge is -2.46. The fraction of sp³-hybridized carbons (Fsp3) is 0.818. The standard InChI is InChI=1S/C22H37N/c1-7-9-22(6)10-8-17(20(22)13(2)3)19-12-16(19)11-18-14(4)21(23)15(18)5/h11,14-15,17-21H,2,7-10,12,23H2,1,3-6H3/b16-11+/t14-,15?,17?,18+,19?,20+,21?,22?/m0/s1. The molecule has 3 fully saturated rings. The van der Waals surface area contributed by atoms with Gasteiger partial charge in [0.2, 0.25) is 0 Å². The van der Waals surface area contributed by atoms with Crippen LogP contribution in [0.5, 0.6) is 0 Å². The molecule has 0 heterocycles. The van der Waals surface area contributed by atoms with Crippen LogP contribution in [0.2, 0.25) is 0 Å². The predicted molar refractivity (Wildman–Crippen MR) is 100 cm³/mol. The summed E-state index contributed by atoms with van der Waals surface area (Å²) in [7, 11) is 0. The highest BCUT2D eigenvalue weighted by atomic mass is 14.7. The van der Waals surface area contributed by atoms with Gasteiger partial charge in [-0.15, -0.1) is 0 Å². The van der Waals surface area contributed by atoms with Crippen molar-refractivity contribution in [3.8, 4) is 0 Å². The molecule has 3 aliphatic rings. The van der Waals surface area contributed by atoms with Crippen LogP contribution >= 0.6 is 0 Å². The molecular weight excluding hydrogens is 278 g/mol. The number of hydrogen-bond acceptors (Lipinski definition) is 1. The summed E-state index contributed by atoms with van der Waals surface area (Å²) < 4.78 is 0. The molecule has 1 heteroatoms. The first-order valence-corrected chi connectivity index (χ1v) is 9.91. The van der Waals surface area contributed by atoms with Crippen LogP contribution in [0, 0.1) is 40.9 Å². The Kier molecular flexibility index (Phi) is 4.55. The van der Waals surface area contributed by atoms with Crippen molar-refractivity contribution in [2.24, 2.45) is 46.7 Å². The molecular formula is C22H37N. The summed E-state index contributed by atoms with van der Waals surface area (Å²) in [5, 5.41) is 0. The molecule has 0 amide bonds. The van der Waals surface area contributed by atoms with E-state index in [1.165, 1.54) is 37.7 Å². The maximum atomic E-state index is 6.20. The van der Waals surface area contributed by atoms with Gasteiger partial charge in [-0.3, -0.25) is 0 Å². The van der Waals surface area contributed by atoms with Crippen molar-refractivity contribution in [1.29, 1.82) is 0 Å². The summed E-state index contributed by atoms with van der Waals surface area (Å²) >= 11 is 0. The van der Waals surface area contributed by atoms with E-state index >= 15 is 0 Å². The van der Waals surface area contributed by atoms with E-state index in [1.807, 2.05) is 0 Å². The van der Waals surface area contributed by atoms with Gasteiger partial charge >= 0.3 is 0 Å². The third-order valence-corrected chi connectivity index (χ3v) is 7.70. The van der Waals surface area contributed by atoms with E-state index in [4.69, 9.17) is 5.73 Å². The van der Waals surface area contributed by atoms with E-state index in [0.29, 0.717) is 23.3 Å². The summed E-state index contributed by atoms with van der Waals surface area (Å²) in [5.74, 6) is 4.52. The van der Waals surface area contributed by atoms with Crippen LogP contribution in [0.15, 0.2) is 23.8 Å². The van der Waals surface area contributed by atoms with Crippen molar-refractivity contribution in [2.75, 3.05) is 0 Å². The van der Waals surface area contributed by atoms with Gasteiger partial charge in [-0.2, -0.15) is 0 Å². The van der Waals surface area contributed by atoms with Gasteiger partial charge in [0.05, 0.1) is 0 Å². The van der Waals surface area contributed by atoms with E-state index in [1.54, 1.807) is 5.57 Å². The van der Waals surface area contributed by atoms with Gasteiger partial charge in [0.25, 0.3) is 0 Å². The second kappa shape index (κ2) is 6.06. The third-order valence-electron chi connectivity index (χ3n) is 7.70. The summed E-state index contributed by atoms with van der Waals surface area (Å²) in [6.07, 6.45) is 9.43. The van der Waals surface area contributed by atoms with Crippen molar-refractivity contribution < 1.29 is 0 Å². The van der Waals surface area contributed by atoms with Gasteiger partial charge in [-0.1, -0.05) is 57.9 Å². The van der Waals surface area contributed by atoms with Crippen molar-refractivity contribution in [3.05, 3.63) is 23.8 Å². The van der Waals surface area contributed by atoms with Gasteiger partial charge in [0.1, 0.15) is 0 Å². The Balaban J connectivity index is 1.70. The van der Waals surface area contributed by atoms with Crippen LogP contribution in [0.4, 0.5) is 0 Å². The van der Waals surface area contributed by atoms with E-state index in [9.17, 15) is 0 Å². The summed E-state index contributed by atoms with van der Waals surface area (Å²) in [6, 6.07) is 0.413. The largest absolute Gasteiger partial charge is 0.327 e. The highest BCUT2D eigenvalue weighted by molar-refractivity contribution is 5.30. The van der Waals surface area contributed by atoms with E-state index in [-0.39, 0.29) is 0 Å². The van der Waals surface area contributed by atoms with Gasteiger partial charge < -0.3 is 5.73 Å². The molecule has 8 atom stereocenters. The number of rotatable bonds is 5. The van der Waals surface area contributed by atoms with Crippen LogP contribution in [-0.4, -0.2) is 6.04 Å². The maximum absolute atomic E-state index is 6.20. The number of nitrogens with two attached hydrogens (primary N) is 1. The Morgan fingerprint density at radius 1 is 1.35 bits per heavy atom. The number of allylic oxidation sites excluding steroid dienone is 3. The Morgan fingerprint density at radius 2 is 2.00 bits per heavy atom. The van der Waals surface area contributed by atoms with Crippen molar-refractivity contribution >= 4 is 0 Å². The molecule has 3 aliphatic carbocycles. The van der Waals surface area contributed by atoms with Gasteiger partial charge in [0, 0.05) is 6.04 Å². The van der Waals surface area contributed by atoms with Crippen LogP contribution in [0.3, 0.4) is 0 Å². The molecule has 3 rings (SSSR count). The molecule has 2 N–H and O–H groups in total. The van der Waals surface area contributed by atoms with Crippen LogP contribution < -0.4 is 5.73 Å². The molecule has 3 saturated carbocycles. The zero-order valence-corrected chi connectivity index (χ0v) is 15.9. The monoisotopic (exact) mass is 315 g/mol. The maximum Gasteiger partial charge on any atom is 0.0102 e. The molecule has 0 aromatic rings. The minimum atomic E-state index is 0.413. The molecule has 0 aromatic carbocycles. The molecule has 130 valence electrons. The average molecular weight is 316 g/mol. The average Bonchev–Trinajstić information content (AvgIpc) is 3.18. The van der Waals surface area contributed by atoms with E-state index in [2.05, 4.69) is 47.3 Å². The second-order valence-electron chi connectivity index (χ2n) is 9.36. The highest BCUT2D eigenvalue weighted by Crippen LogP contribution is 2.61. The molecule has 0 saturated heterocycles. The minimum absolute atomic E-state index is 0.413. The molecule has 0 spiro atoms. The Hall–Kier alpha value is -0.560. The SMILES string of the molecule is C=C(C)[C@@H]1C(C2C/C2=C\[C@H]2C(C)C(N)[C@H]2C)CCC1(C)CCC. The molecule has 1 nitrogen and oxygen atoms in total. The summed E-state index contributed by atoms with van der Waals surface area (Å²) in [5.41, 5.74) is 9.88. The van der Waals surface area contributed by atoms with Crippen LogP contribution in [-0.2, 0) is 0 Å². The first-order chi connectivity index (χ1) is 10.8. The van der Waals surface area contributed by atoms with Gasteiger partial charge in [-0.25, -0.2) is 0 Å². The third kappa shape index (κ3) is 2.84. The topological polar surface area (TPSA) is 26.0 Å². The predicted octanol–water partition coefficient (Wildman–Crippen LogP) is 5.57. The first kappa shape index (κ1) is 17.3. The molecule has 23 heavy (non-hydrogen) atoms. The number of hydrogen-bond donors (Lipinski definition) is 1. The molecule has 5 unspecified atom stereocenters. The molecule has 0 radical (unpaired) electrons. The fourth-order valence-corrected chi connectivity index (χ4v) is 6.27. The Morgan fingerprint density at radius 3 is 2.57 bits per heavy atom. The normalized spacial score (nSPS) is 50.9. The van der Waals surface area contributed by atoms with Crippen LogP contribution in [0.25, 0.3) is 0 Å². The molecule has 0 aliphatic heterocycles. The van der Waals surface area contributed by atoms with E-state index in [0.717, 1.165) is 23.7 Å².